The van der Waals surface area contributed by atoms with Gasteiger partial charge in [-0.15, -0.1) is 0 Å². The van der Waals surface area contributed by atoms with Crippen LogP contribution < -0.4 is 5.32 Å². The molecule has 0 saturated carbocycles. The van der Waals surface area contributed by atoms with Crippen LogP contribution in [0.2, 0.25) is 0 Å². The Bertz CT molecular complexity index is 1160. The van der Waals surface area contributed by atoms with Gasteiger partial charge in [0.1, 0.15) is 0 Å². The van der Waals surface area contributed by atoms with Gasteiger partial charge >= 0.3 is 0 Å². The highest BCUT2D eigenvalue weighted by Crippen LogP contribution is 2.22. The molecule has 7 nitrogen and oxygen atoms in total. The number of sulfone groups is 1. The molecule has 0 aliphatic carbocycles. The van der Waals surface area contributed by atoms with Crippen molar-refractivity contribution in [3.63, 3.8) is 0 Å². The van der Waals surface area contributed by atoms with Gasteiger partial charge < -0.3 is 15.1 Å². The Morgan fingerprint density at radius 1 is 1.08 bits per heavy atom. The van der Waals surface area contributed by atoms with Crippen molar-refractivity contribution in [2.45, 2.75) is 56.5 Å². The fraction of sp³-hybridized carbons (Fsp3) is 0.448. The molecule has 0 radical (unpaired) electrons. The van der Waals surface area contributed by atoms with Crippen molar-refractivity contribution in [2.75, 3.05) is 32.4 Å². The quantitative estimate of drug-likeness (QED) is 0.452. The van der Waals surface area contributed by atoms with Crippen LogP contribution in [0.5, 0.6) is 0 Å². The molecule has 2 aromatic carbocycles. The summed E-state index contributed by atoms with van der Waals surface area (Å²) in [5, 5.41) is 3.12. The molecular weight excluding hydrogens is 486 g/mol. The third-order valence-electron chi connectivity index (χ3n) is 6.94. The number of rotatable bonds is 11. The van der Waals surface area contributed by atoms with E-state index >= 15 is 0 Å². The van der Waals surface area contributed by atoms with Crippen LogP contribution in [0.3, 0.4) is 0 Å². The maximum atomic E-state index is 13.1. The standard InChI is InChI=1S/C29H39N3O4S/c1-4-9-28(33)30-27(24-10-7-6-8-11-24)18-21-31-19-16-25(17-20-31)32(5-2)29(34)22-23-12-14-26(15-13-23)37(3,35)36/h4,6-15,25,27H,5,16-22H2,1-3H3,(H,30,33)/b9-4+. The van der Waals surface area contributed by atoms with Crippen molar-refractivity contribution in [3.8, 4) is 0 Å². The highest BCUT2D eigenvalue weighted by Gasteiger charge is 2.27. The number of carbonyl (C=O) groups excluding carboxylic acids is 2. The van der Waals surface area contributed by atoms with Crippen LogP contribution in [0, 0.1) is 0 Å². The smallest absolute Gasteiger partial charge is 0.244 e. The van der Waals surface area contributed by atoms with Gasteiger partial charge in [0.05, 0.1) is 17.4 Å². The zero-order valence-corrected chi connectivity index (χ0v) is 22.9. The average molecular weight is 526 g/mol. The highest BCUT2D eigenvalue weighted by molar-refractivity contribution is 7.90. The summed E-state index contributed by atoms with van der Waals surface area (Å²) >= 11 is 0. The molecule has 1 aliphatic rings. The molecule has 1 heterocycles. The first kappa shape index (κ1) is 28.6. The van der Waals surface area contributed by atoms with Gasteiger partial charge in [-0.05, 0) is 62.4 Å². The molecular formula is C29H39N3O4S. The molecule has 1 N–H and O–H groups in total. The van der Waals surface area contributed by atoms with Crippen LogP contribution in [0.25, 0.3) is 0 Å². The second-order valence-electron chi connectivity index (χ2n) is 9.61. The van der Waals surface area contributed by atoms with Crippen molar-refractivity contribution in [3.05, 3.63) is 77.9 Å². The minimum atomic E-state index is -3.25. The number of likely N-dealkylation sites (N-methyl/N-ethyl adjacent to an activating group) is 1. The zero-order valence-electron chi connectivity index (χ0n) is 22.1. The van der Waals surface area contributed by atoms with Crippen LogP contribution in [0.15, 0.2) is 71.6 Å². The number of likely N-dealkylation sites (tertiary alicyclic amines) is 1. The van der Waals surface area contributed by atoms with E-state index in [1.54, 1.807) is 36.4 Å². The number of hydrogen-bond donors (Lipinski definition) is 1. The van der Waals surface area contributed by atoms with Crippen molar-refractivity contribution >= 4 is 21.7 Å². The lowest BCUT2D eigenvalue weighted by Gasteiger charge is -2.38. The van der Waals surface area contributed by atoms with E-state index in [1.807, 2.05) is 49.1 Å². The Morgan fingerprint density at radius 2 is 1.73 bits per heavy atom. The van der Waals surface area contributed by atoms with Gasteiger partial charge in [0.15, 0.2) is 9.84 Å². The summed E-state index contributed by atoms with van der Waals surface area (Å²) in [6.07, 6.45) is 7.38. The fourth-order valence-electron chi connectivity index (χ4n) is 4.91. The van der Waals surface area contributed by atoms with Gasteiger partial charge in [0.25, 0.3) is 0 Å². The van der Waals surface area contributed by atoms with Crippen LogP contribution in [-0.4, -0.2) is 68.5 Å². The van der Waals surface area contributed by atoms with Gasteiger partial charge in [0, 0.05) is 38.5 Å². The molecule has 2 amide bonds. The van der Waals surface area contributed by atoms with E-state index in [2.05, 4.69) is 10.2 Å². The number of amides is 2. The van der Waals surface area contributed by atoms with Crippen LogP contribution in [-0.2, 0) is 25.8 Å². The van der Waals surface area contributed by atoms with E-state index in [4.69, 9.17) is 0 Å². The summed E-state index contributed by atoms with van der Waals surface area (Å²) in [4.78, 5) is 29.9. The third-order valence-corrected chi connectivity index (χ3v) is 8.06. The molecule has 1 fully saturated rings. The number of hydrogen-bond acceptors (Lipinski definition) is 5. The Balaban J connectivity index is 1.53. The van der Waals surface area contributed by atoms with E-state index in [0.29, 0.717) is 6.54 Å². The Morgan fingerprint density at radius 3 is 2.30 bits per heavy atom. The molecule has 1 saturated heterocycles. The Kier molecular flexibility index (Phi) is 10.5. The lowest BCUT2D eigenvalue weighted by Crippen LogP contribution is -2.48. The summed E-state index contributed by atoms with van der Waals surface area (Å²) in [7, 11) is -3.25. The number of carbonyl (C=O) groups is 2. The molecule has 200 valence electrons. The third kappa shape index (κ3) is 8.54. The Labute approximate surface area is 221 Å². The first-order valence-electron chi connectivity index (χ1n) is 13.0. The van der Waals surface area contributed by atoms with E-state index in [-0.39, 0.29) is 35.2 Å². The van der Waals surface area contributed by atoms with Gasteiger partial charge in [-0.25, -0.2) is 8.42 Å². The normalized spacial score (nSPS) is 16.0. The topological polar surface area (TPSA) is 86.8 Å². The number of allylic oxidation sites excluding steroid dienone is 1. The van der Waals surface area contributed by atoms with Crippen LogP contribution in [0.4, 0.5) is 0 Å². The number of benzene rings is 2. The largest absolute Gasteiger partial charge is 0.346 e. The molecule has 0 bridgehead atoms. The molecule has 1 aliphatic heterocycles. The summed E-state index contributed by atoms with van der Waals surface area (Å²) in [5.74, 6) is -0.0120. The van der Waals surface area contributed by atoms with E-state index in [9.17, 15) is 18.0 Å². The predicted octanol–water partition coefficient (Wildman–Crippen LogP) is 3.77. The predicted molar refractivity (Wildman–Crippen MR) is 147 cm³/mol. The van der Waals surface area contributed by atoms with E-state index in [1.165, 1.54) is 6.26 Å². The Hall–Kier alpha value is -2.97. The van der Waals surface area contributed by atoms with Crippen LogP contribution in [0.1, 0.15) is 50.3 Å². The summed E-state index contributed by atoms with van der Waals surface area (Å²) in [6.45, 7) is 7.17. The first-order valence-corrected chi connectivity index (χ1v) is 14.9. The molecule has 8 heteroatoms. The van der Waals surface area contributed by atoms with Crippen molar-refractivity contribution in [1.29, 1.82) is 0 Å². The lowest BCUT2D eigenvalue weighted by atomic mass is 9.99. The van der Waals surface area contributed by atoms with E-state index in [0.717, 1.165) is 50.0 Å². The summed E-state index contributed by atoms with van der Waals surface area (Å²) < 4.78 is 23.4. The molecule has 3 rings (SSSR count). The van der Waals surface area contributed by atoms with Gasteiger partial charge in [-0.2, -0.15) is 0 Å². The fourth-order valence-corrected chi connectivity index (χ4v) is 5.54. The first-order chi connectivity index (χ1) is 17.7. The average Bonchev–Trinajstić information content (AvgIpc) is 2.88. The van der Waals surface area contributed by atoms with Gasteiger partial charge in [-0.3, -0.25) is 9.59 Å². The molecule has 1 atom stereocenters. The molecule has 2 aromatic rings. The maximum Gasteiger partial charge on any atom is 0.244 e. The minimum Gasteiger partial charge on any atom is -0.346 e. The second kappa shape index (κ2) is 13.5. The summed E-state index contributed by atoms with van der Waals surface area (Å²) in [6, 6.07) is 16.8. The molecule has 1 unspecified atom stereocenters. The number of nitrogens with zero attached hydrogens (tertiary/aromatic N) is 2. The molecule has 37 heavy (non-hydrogen) atoms. The second-order valence-corrected chi connectivity index (χ2v) is 11.6. The SMILES string of the molecule is C/C=C/C(=O)NC(CCN1CCC(N(CC)C(=O)Cc2ccc(S(C)(=O)=O)cc2)CC1)c1ccccc1. The maximum absolute atomic E-state index is 13.1. The highest BCUT2D eigenvalue weighted by atomic mass is 32.2. The molecule has 0 aromatic heterocycles. The molecule has 0 spiro atoms. The zero-order chi connectivity index (χ0) is 26.8. The van der Waals surface area contributed by atoms with Crippen molar-refractivity contribution in [2.24, 2.45) is 0 Å². The monoisotopic (exact) mass is 525 g/mol. The van der Waals surface area contributed by atoms with Crippen LogP contribution >= 0.6 is 0 Å². The van der Waals surface area contributed by atoms with Crippen molar-refractivity contribution in [1.82, 2.24) is 15.1 Å². The minimum absolute atomic E-state index is 0.0505. The number of piperidine rings is 1. The lowest BCUT2D eigenvalue weighted by molar-refractivity contribution is -0.133. The van der Waals surface area contributed by atoms with Gasteiger partial charge in [-0.1, -0.05) is 48.5 Å². The van der Waals surface area contributed by atoms with E-state index < -0.39 is 9.84 Å². The summed E-state index contributed by atoms with van der Waals surface area (Å²) in [5.41, 5.74) is 1.92. The van der Waals surface area contributed by atoms with Gasteiger partial charge in [0.2, 0.25) is 11.8 Å². The number of nitrogens with one attached hydrogen (secondary N) is 1. The van der Waals surface area contributed by atoms with Crippen molar-refractivity contribution < 1.29 is 18.0 Å².